The van der Waals surface area contributed by atoms with Crippen LogP contribution in [0.1, 0.15) is 12.0 Å². The van der Waals surface area contributed by atoms with Gasteiger partial charge in [0.15, 0.2) is 6.10 Å². The van der Waals surface area contributed by atoms with Gasteiger partial charge in [0.1, 0.15) is 12.4 Å². The Balaban J connectivity index is 1.37. The molecule has 1 aromatic carbocycles. The largest absolute Gasteiger partial charge is 0.492 e. The third-order valence-electron chi connectivity index (χ3n) is 4.23. The molecule has 0 N–H and O–H groups in total. The maximum atomic E-state index is 12.7. The fraction of sp³-hybridized carbons (Fsp3) is 0.333. The zero-order valence-corrected chi connectivity index (χ0v) is 16.6. The molecule has 0 spiro atoms. The van der Waals surface area contributed by atoms with E-state index in [9.17, 15) is 8.42 Å². The van der Waals surface area contributed by atoms with E-state index in [1.165, 1.54) is 15.6 Å². The third-order valence-corrected chi connectivity index (χ3v) is 6.90. The summed E-state index contributed by atoms with van der Waals surface area (Å²) >= 11 is 1.50. The smallest absolute Gasteiger partial charge is 0.257 e. The number of rotatable bonds is 7. The Bertz CT molecular complexity index is 989. The van der Waals surface area contributed by atoms with Gasteiger partial charge in [0.05, 0.1) is 17.2 Å². The normalized spacial score (nSPS) is 18.2. The molecule has 3 heterocycles. The van der Waals surface area contributed by atoms with Crippen LogP contribution in [0, 0.1) is 0 Å². The van der Waals surface area contributed by atoms with Crippen LogP contribution < -0.4 is 4.74 Å². The van der Waals surface area contributed by atoms with Crippen LogP contribution in [0.25, 0.3) is 10.7 Å². The van der Waals surface area contributed by atoms with Crippen molar-refractivity contribution in [2.24, 2.45) is 0 Å². The van der Waals surface area contributed by atoms with Gasteiger partial charge in [-0.25, -0.2) is 8.42 Å². The van der Waals surface area contributed by atoms with Crippen molar-refractivity contribution in [2.45, 2.75) is 6.10 Å². The lowest BCUT2D eigenvalue weighted by molar-refractivity contribution is -0.0200. The van der Waals surface area contributed by atoms with Crippen LogP contribution in [0.2, 0.25) is 0 Å². The highest BCUT2D eigenvalue weighted by atomic mass is 32.2. The first-order valence-electron chi connectivity index (χ1n) is 8.76. The fourth-order valence-electron chi connectivity index (χ4n) is 2.81. The maximum absolute atomic E-state index is 12.7. The number of hydrogen-bond donors (Lipinski definition) is 0. The quantitative estimate of drug-likeness (QED) is 0.579. The van der Waals surface area contributed by atoms with Gasteiger partial charge in [-0.05, 0) is 23.6 Å². The van der Waals surface area contributed by atoms with Crippen LogP contribution in [0.4, 0.5) is 0 Å². The highest BCUT2D eigenvalue weighted by molar-refractivity contribution is 7.89. The first-order valence-corrected chi connectivity index (χ1v) is 11.3. The van der Waals surface area contributed by atoms with Crippen molar-refractivity contribution in [3.05, 3.63) is 53.7 Å². The molecular formula is C18H19N3O5S2. The highest BCUT2D eigenvalue weighted by Gasteiger charge is 2.33. The van der Waals surface area contributed by atoms with Gasteiger partial charge in [0.2, 0.25) is 15.8 Å². The Morgan fingerprint density at radius 3 is 2.86 bits per heavy atom. The van der Waals surface area contributed by atoms with E-state index in [1.54, 1.807) is 12.1 Å². The van der Waals surface area contributed by atoms with Crippen molar-refractivity contribution in [2.75, 3.05) is 32.1 Å². The molecule has 0 saturated carbocycles. The molecule has 1 fully saturated rings. The Morgan fingerprint density at radius 1 is 1.21 bits per heavy atom. The molecule has 0 bridgehead atoms. The monoisotopic (exact) mass is 421 g/mol. The molecule has 148 valence electrons. The van der Waals surface area contributed by atoms with Crippen LogP contribution >= 0.6 is 11.3 Å². The number of sulfonamides is 1. The van der Waals surface area contributed by atoms with E-state index in [2.05, 4.69) is 10.1 Å². The Labute approximate surface area is 166 Å². The van der Waals surface area contributed by atoms with Crippen LogP contribution in [-0.2, 0) is 14.8 Å². The summed E-state index contributed by atoms with van der Waals surface area (Å²) in [6, 6.07) is 12.9. The Kier molecular flexibility index (Phi) is 5.72. The van der Waals surface area contributed by atoms with E-state index in [1.807, 2.05) is 35.7 Å². The van der Waals surface area contributed by atoms with Crippen molar-refractivity contribution in [1.29, 1.82) is 0 Å². The summed E-state index contributed by atoms with van der Waals surface area (Å²) in [6.45, 7) is 0.771. The molecule has 4 rings (SSSR count). The van der Waals surface area contributed by atoms with Gasteiger partial charge in [-0.15, -0.1) is 11.3 Å². The molecule has 1 saturated heterocycles. The van der Waals surface area contributed by atoms with Gasteiger partial charge < -0.3 is 14.0 Å². The van der Waals surface area contributed by atoms with Gasteiger partial charge in [0, 0.05) is 13.1 Å². The summed E-state index contributed by atoms with van der Waals surface area (Å²) in [6.07, 6.45) is -0.584. The number of benzene rings is 1. The minimum atomic E-state index is -3.49. The zero-order chi connectivity index (χ0) is 19.4. The SMILES string of the molecule is O=S(=O)(CCOc1ccccc1)N1CCOC(c2nc(-c3cccs3)no2)C1. The molecule has 3 aromatic rings. The lowest BCUT2D eigenvalue weighted by Crippen LogP contribution is -2.44. The summed E-state index contributed by atoms with van der Waals surface area (Å²) < 4.78 is 43.2. The number of para-hydroxylation sites is 1. The van der Waals surface area contributed by atoms with Crippen molar-refractivity contribution in [3.8, 4) is 16.5 Å². The standard InChI is InChI=1S/C18H19N3O5S2/c22-28(23,12-10-24-14-5-2-1-3-6-14)21-8-9-25-15(13-21)18-19-17(20-26-18)16-7-4-11-27-16/h1-7,11,15H,8-10,12-13H2. The molecule has 1 aliphatic rings. The summed E-state index contributed by atoms with van der Waals surface area (Å²) in [4.78, 5) is 5.24. The minimum Gasteiger partial charge on any atom is -0.492 e. The number of hydrogen-bond acceptors (Lipinski definition) is 8. The molecule has 1 unspecified atom stereocenters. The summed E-state index contributed by atoms with van der Waals surface area (Å²) in [5, 5.41) is 5.89. The molecule has 10 heteroatoms. The second kappa shape index (κ2) is 8.39. The van der Waals surface area contributed by atoms with Crippen molar-refractivity contribution in [1.82, 2.24) is 14.4 Å². The summed E-state index contributed by atoms with van der Waals surface area (Å²) in [5.74, 6) is 1.29. The number of morpholine rings is 1. The third kappa shape index (κ3) is 4.41. The second-order valence-corrected chi connectivity index (χ2v) is 9.16. The molecule has 8 nitrogen and oxygen atoms in total. The minimum absolute atomic E-state index is 0.0808. The van der Waals surface area contributed by atoms with Crippen LogP contribution in [0.15, 0.2) is 52.4 Å². The van der Waals surface area contributed by atoms with Crippen molar-refractivity contribution < 1.29 is 22.4 Å². The van der Waals surface area contributed by atoms with Gasteiger partial charge >= 0.3 is 0 Å². The number of aromatic nitrogens is 2. The number of ether oxygens (including phenoxy) is 2. The van der Waals surface area contributed by atoms with Crippen LogP contribution in [-0.4, -0.2) is 54.9 Å². The summed E-state index contributed by atoms with van der Waals surface area (Å²) in [5.41, 5.74) is 0. The predicted octanol–water partition coefficient (Wildman–Crippen LogP) is 2.58. The summed E-state index contributed by atoms with van der Waals surface area (Å²) in [7, 11) is -3.49. The average Bonchev–Trinajstić information content (AvgIpc) is 3.41. The molecule has 0 radical (unpaired) electrons. The fourth-order valence-corrected chi connectivity index (χ4v) is 4.73. The highest BCUT2D eigenvalue weighted by Crippen LogP contribution is 2.27. The van der Waals surface area contributed by atoms with Crippen LogP contribution in [0.5, 0.6) is 5.75 Å². The van der Waals surface area contributed by atoms with Crippen molar-refractivity contribution in [3.63, 3.8) is 0 Å². The van der Waals surface area contributed by atoms with E-state index < -0.39 is 16.1 Å². The molecular weight excluding hydrogens is 402 g/mol. The average molecular weight is 422 g/mol. The topological polar surface area (TPSA) is 94.8 Å². The molecule has 1 atom stereocenters. The van der Waals surface area contributed by atoms with Gasteiger partial charge in [-0.2, -0.15) is 9.29 Å². The van der Waals surface area contributed by atoms with Gasteiger partial charge in [-0.1, -0.05) is 29.4 Å². The van der Waals surface area contributed by atoms with Crippen molar-refractivity contribution >= 4 is 21.4 Å². The Morgan fingerprint density at radius 2 is 2.07 bits per heavy atom. The number of thiophene rings is 1. The lowest BCUT2D eigenvalue weighted by atomic mass is 10.3. The maximum Gasteiger partial charge on any atom is 0.257 e. The lowest BCUT2D eigenvalue weighted by Gasteiger charge is -2.30. The van der Waals surface area contributed by atoms with E-state index in [0.717, 1.165) is 4.88 Å². The van der Waals surface area contributed by atoms with E-state index >= 15 is 0 Å². The number of nitrogens with zero attached hydrogens (tertiary/aromatic N) is 3. The van der Waals surface area contributed by atoms with Gasteiger partial charge in [-0.3, -0.25) is 0 Å². The Hall–Kier alpha value is -2.27. The molecule has 0 amide bonds. The zero-order valence-electron chi connectivity index (χ0n) is 14.9. The molecule has 2 aromatic heterocycles. The van der Waals surface area contributed by atoms with Crippen LogP contribution in [0.3, 0.4) is 0 Å². The molecule has 0 aliphatic carbocycles. The van der Waals surface area contributed by atoms with Gasteiger partial charge in [0.25, 0.3) is 5.89 Å². The van der Waals surface area contributed by atoms with E-state index in [-0.39, 0.29) is 37.9 Å². The molecule has 28 heavy (non-hydrogen) atoms. The predicted molar refractivity (Wildman–Crippen MR) is 104 cm³/mol. The van der Waals surface area contributed by atoms with E-state index in [0.29, 0.717) is 11.6 Å². The first-order chi connectivity index (χ1) is 13.6. The molecule has 1 aliphatic heterocycles. The first kappa shape index (κ1) is 19.1. The van der Waals surface area contributed by atoms with E-state index in [4.69, 9.17) is 14.0 Å². The second-order valence-electron chi connectivity index (χ2n) is 6.13.